The normalized spacial score (nSPS) is 18.9. The second-order valence-corrected chi connectivity index (χ2v) is 17.3. The van der Waals surface area contributed by atoms with E-state index in [1.54, 1.807) is 0 Å². The number of para-hydroxylation sites is 3. The molecule has 2 aliphatic heterocycles. The fraction of sp³-hybridized carbons (Fsp3) is 0.0909. The van der Waals surface area contributed by atoms with Gasteiger partial charge in [0.25, 0.3) is 0 Å². The van der Waals surface area contributed by atoms with Gasteiger partial charge >= 0.3 is 0 Å². The summed E-state index contributed by atoms with van der Waals surface area (Å²) in [6, 6.07) is 57.2. The first-order chi connectivity index (χ1) is 29.3. The Labute approximate surface area is 348 Å². The Morgan fingerprint density at radius 2 is 1.31 bits per heavy atom. The molecule has 0 saturated carbocycles. The van der Waals surface area contributed by atoms with E-state index in [0.29, 0.717) is 11.5 Å². The fourth-order valence-electron chi connectivity index (χ4n) is 10.8. The molecule has 0 saturated heterocycles. The van der Waals surface area contributed by atoms with Crippen molar-refractivity contribution in [1.82, 2.24) is 0 Å². The standard InChI is InChI=1S/C55H37NO2S/c1-2-16-34(17-3-1)56(47-28-12-7-21-38(47)40-23-14-24-41-39-22-8-13-31-52(39)59-54(40)41)48-29-15-30-49-53(48)58-50-32-42-37-20-6-11-27-45(37)55(46(42)33-51(50)57-49)43-25-9-4-18-35(43)36-19-5-10-26-44(36)55/h1-5,7-19,21-33,40,54H,6,20H2. The van der Waals surface area contributed by atoms with E-state index < -0.39 is 5.41 Å². The van der Waals surface area contributed by atoms with Crippen molar-refractivity contribution in [2.24, 2.45) is 0 Å². The quantitative estimate of drug-likeness (QED) is 0.177. The lowest BCUT2D eigenvalue weighted by atomic mass is 9.69. The molecule has 4 aliphatic carbocycles. The van der Waals surface area contributed by atoms with Gasteiger partial charge in [0.05, 0.1) is 16.8 Å². The van der Waals surface area contributed by atoms with Crippen LogP contribution in [0.15, 0.2) is 199 Å². The van der Waals surface area contributed by atoms with Crippen LogP contribution in [0.4, 0.5) is 17.1 Å². The largest absolute Gasteiger partial charge is 0.449 e. The van der Waals surface area contributed by atoms with Crippen molar-refractivity contribution in [3.8, 4) is 34.1 Å². The zero-order valence-corrected chi connectivity index (χ0v) is 33.0. The molecule has 13 rings (SSSR count). The molecule has 1 spiro atoms. The van der Waals surface area contributed by atoms with Crippen LogP contribution in [-0.4, -0.2) is 5.25 Å². The third-order valence-corrected chi connectivity index (χ3v) is 14.6. The Hall–Kier alpha value is -6.75. The second kappa shape index (κ2) is 12.6. The van der Waals surface area contributed by atoms with Crippen LogP contribution >= 0.6 is 11.8 Å². The predicted molar refractivity (Wildman–Crippen MR) is 241 cm³/mol. The number of nitrogens with zero attached hydrogens (tertiary/aromatic N) is 1. The monoisotopic (exact) mass is 775 g/mol. The molecule has 0 radical (unpaired) electrons. The van der Waals surface area contributed by atoms with E-state index in [9.17, 15) is 0 Å². The van der Waals surface area contributed by atoms with Crippen molar-refractivity contribution < 1.29 is 9.47 Å². The number of hydrogen-bond acceptors (Lipinski definition) is 4. The molecule has 0 aromatic heterocycles. The van der Waals surface area contributed by atoms with E-state index in [1.165, 1.54) is 66.1 Å². The minimum Gasteiger partial charge on any atom is -0.449 e. The minimum atomic E-state index is -0.412. The van der Waals surface area contributed by atoms with Gasteiger partial charge in [0.1, 0.15) is 0 Å². The van der Waals surface area contributed by atoms with Crippen LogP contribution in [0.25, 0.3) is 22.3 Å². The highest BCUT2D eigenvalue weighted by molar-refractivity contribution is 8.01. The molecule has 59 heavy (non-hydrogen) atoms. The molecule has 280 valence electrons. The van der Waals surface area contributed by atoms with Gasteiger partial charge in [0.2, 0.25) is 0 Å². The van der Waals surface area contributed by atoms with Crippen molar-refractivity contribution in [2.75, 3.05) is 4.90 Å². The van der Waals surface area contributed by atoms with Gasteiger partial charge in [0, 0.05) is 21.8 Å². The highest BCUT2D eigenvalue weighted by atomic mass is 32.2. The zero-order chi connectivity index (χ0) is 38.7. The first kappa shape index (κ1) is 33.2. The number of rotatable bonds is 4. The summed E-state index contributed by atoms with van der Waals surface area (Å²) in [5.41, 5.74) is 17.3. The molecule has 0 fully saturated rings. The predicted octanol–water partition coefficient (Wildman–Crippen LogP) is 14.7. The second-order valence-electron chi connectivity index (χ2n) is 16.1. The van der Waals surface area contributed by atoms with Gasteiger partial charge in [-0.1, -0.05) is 140 Å². The molecule has 6 aliphatic rings. The minimum absolute atomic E-state index is 0.167. The molecule has 0 amide bonds. The molecule has 2 heterocycles. The van der Waals surface area contributed by atoms with Crippen molar-refractivity contribution in [3.05, 3.63) is 227 Å². The smallest absolute Gasteiger partial charge is 0.194 e. The summed E-state index contributed by atoms with van der Waals surface area (Å²) in [5.74, 6) is 3.07. The van der Waals surface area contributed by atoms with Crippen LogP contribution in [0.5, 0.6) is 23.0 Å². The molecule has 2 unspecified atom stereocenters. The summed E-state index contributed by atoms with van der Waals surface area (Å²) in [6.07, 6.45) is 13.7. The summed E-state index contributed by atoms with van der Waals surface area (Å²) < 4.78 is 14.2. The van der Waals surface area contributed by atoms with Crippen molar-refractivity contribution in [1.29, 1.82) is 0 Å². The maximum Gasteiger partial charge on any atom is 0.194 e. The molecule has 7 aromatic carbocycles. The van der Waals surface area contributed by atoms with Gasteiger partial charge < -0.3 is 14.4 Å². The number of hydrogen-bond donors (Lipinski definition) is 0. The fourth-order valence-corrected chi connectivity index (χ4v) is 12.3. The van der Waals surface area contributed by atoms with Crippen LogP contribution in [0.2, 0.25) is 0 Å². The van der Waals surface area contributed by atoms with Gasteiger partial charge in [0.15, 0.2) is 23.0 Å². The van der Waals surface area contributed by atoms with Crippen LogP contribution in [-0.2, 0) is 5.41 Å². The molecule has 4 heteroatoms. The lowest BCUT2D eigenvalue weighted by Gasteiger charge is -2.34. The van der Waals surface area contributed by atoms with Crippen LogP contribution in [0.3, 0.4) is 0 Å². The van der Waals surface area contributed by atoms with E-state index in [2.05, 4.69) is 187 Å². The average molecular weight is 776 g/mol. The Bertz CT molecular complexity index is 3020. The van der Waals surface area contributed by atoms with Crippen molar-refractivity contribution in [2.45, 2.75) is 34.3 Å². The summed E-state index contributed by atoms with van der Waals surface area (Å²) in [7, 11) is 0. The zero-order valence-electron chi connectivity index (χ0n) is 32.1. The average Bonchev–Trinajstić information content (AvgIpc) is 3.92. The van der Waals surface area contributed by atoms with Crippen molar-refractivity contribution >= 4 is 40.0 Å². The van der Waals surface area contributed by atoms with Crippen LogP contribution in [0.1, 0.15) is 52.1 Å². The number of thioether (sulfide) groups is 1. The lowest BCUT2D eigenvalue weighted by molar-refractivity contribution is 0.359. The van der Waals surface area contributed by atoms with Gasteiger partial charge in [-0.25, -0.2) is 0 Å². The Morgan fingerprint density at radius 1 is 0.593 bits per heavy atom. The van der Waals surface area contributed by atoms with Crippen molar-refractivity contribution in [3.63, 3.8) is 0 Å². The maximum atomic E-state index is 7.19. The number of allylic oxidation sites excluding steroid dienone is 7. The molecule has 7 aromatic rings. The van der Waals surface area contributed by atoms with E-state index in [4.69, 9.17) is 9.47 Å². The van der Waals surface area contributed by atoms with Gasteiger partial charge in [-0.05, 0) is 123 Å². The van der Waals surface area contributed by atoms with Gasteiger partial charge in [-0.3, -0.25) is 0 Å². The third-order valence-electron chi connectivity index (χ3n) is 13.2. The summed E-state index contributed by atoms with van der Waals surface area (Å²) >= 11 is 1.98. The van der Waals surface area contributed by atoms with E-state index in [0.717, 1.165) is 41.4 Å². The Kier molecular flexibility index (Phi) is 7.11. The highest BCUT2D eigenvalue weighted by Gasteiger charge is 2.53. The van der Waals surface area contributed by atoms with E-state index in [1.807, 2.05) is 17.8 Å². The maximum absolute atomic E-state index is 7.19. The third kappa shape index (κ3) is 4.61. The van der Waals surface area contributed by atoms with Gasteiger partial charge in [-0.2, -0.15) is 0 Å². The summed E-state index contributed by atoms with van der Waals surface area (Å²) in [4.78, 5) is 3.71. The Balaban J connectivity index is 0.957. The van der Waals surface area contributed by atoms with E-state index in [-0.39, 0.29) is 11.2 Å². The SMILES string of the molecule is C1=CC(c2ccccc2N(c2ccccc2)c2cccc3c2Oc2cc4c(cc2O3)C2(C3=C4CCC=C3)c3ccccc3-c3ccccc32)C2Sc3ccccc3C2=C1. The lowest BCUT2D eigenvalue weighted by Crippen LogP contribution is -2.27. The number of ether oxygens (including phenoxy) is 2. The molecular formula is C55H37NO2S. The first-order valence-electron chi connectivity index (χ1n) is 20.6. The molecule has 3 nitrogen and oxygen atoms in total. The van der Waals surface area contributed by atoms with Crippen LogP contribution in [0, 0.1) is 0 Å². The summed E-state index contributed by atoms with van der Waals surface area (Å²) in [5, 5.41) is 0.283. The highest BCUT2D eigenvalue weighted by Crippen LogP contribution is 2.65. The number of benzene rings is 7. The molecule has 0 N–H and O–H groups in total. The van der Waals surface area contributed by atoms with Gasteiger partial charge in [-0.15, -0.1) is 11.8 Å². The molecule has 2 atom stereocenters. The Morgan fingerprint density at radius 3 is 2.15 bits per heavy atom. The first-order valence-corrected chi connectivity index (χ1v) is 21.5. The van der Waals surface area contributed by atoms with Crippen LogP contribution < -0.4 is 14.4 Å². The number of anilines is 3. The number of fused-ring (bicyclic) bond motifs is 14. The molecule has 0 bridgehead atoms. The van der Waals surface area contributed by atoms with E-state index >= 15 is 0 Å². The topological polar surface area (TPSA) is 21.7 Å². The summed E-state index contributed by atoms with van der Waals surface area (Å²) in [6.45, 7) is 0. The molecular weight excluding hydrogens is 739 g/mol.